The highest BCUT2D eigenvalue weighted by Gasteiger charge is 2.28. The van der Waals surface area contributed by atoms with Gasteiger partial charge < -0.3 is 5.11 Å². The van der Waals surface area contributed by atoms with E-state index in [0.29, 0.717) is 22.4 Å². The highest BCUT2D eigenvalue weighted by molar-refractivity contribution is 7.13. The summed E-state index contributed by atoms with van der Waals surface area (Å²) in [4.78, 5) is 18.9. The molecule has 1 N–H and O–H groups in total. The number of nitrogens with zero attached hydrogens (tertiary/aromatic N) is 2. The van der Waals surface area contributed by atoms with Crippen LogP contribution >= 0.6 is 11.3 Å². The van der Waals surface area contributed by atoms with E-state index in [1.807, 2.05) is 20.8 Å². The maximum atomic E-state index is 11.4. The van der Waals surface area contributed by atoms with Crippen LogP contribution in [0.5, 0.6) is 0 Å². The van der Waals surface area contributed by atoms with Crippen LogP contribution in [0.1, 0.15) is 61.4 Å². The molecular weight excluding hydrogens is 284 g/mol. The molecule has 0 aromatic carbocycles. The number of aromatic nitrogens is 1. The minimum absolute atomic E-state index is 0.231. The van der Waals surface area contributed by atoms with E-state index >= 15 is 0 Å². The van der Waals surface area contributed by atoms with E-state index < -0.39 is 5.97 Å². The van der Waals surface area contributed by atoms with Crippen LogP contribution in [-0.2, 0) is 12.0 Å². The summed E-state index contributed by atoms with van der Waals surface area (Å²) in [6.07, 6.45) is 1.28. The van der Waals surface area contributed by atoms with E-state index in [1.165, 1.54) is 17.8 Å². The van der Waals surface area contributed by atoms with Gasteiger partial charge in [0.15, 0.2) is 0 Å². The first-order chi connectivity index (χ1) is 9.66. The second-order valence-corrected chi connectivity index (χ2v) is 8.56. The van der Waals surface area contributed by atoms with E-state index in [4.69, 9.17) is 0 Å². The molecule has 1 saturated heterocycles. The Hall–Kier alpha value is -0.940. The van der Waals surface area contributed by atoms with Crippen LogP contribution in [0.25, 0.3) is 0 Å². The van der Waals surface area contributed by atoms with Gasteiger partial charge in [0, 0.05) is 18.5 Å². The third-order valence-electron chi connectivity index (χ3n) is 3.88. The van der Waals surface area contributed by atoms with Gasteiger partial charge in [-0.05, 0) is 18.3 Å². The van der Waals surface area contributed by atoms with Crippen LogP contribution in [0, 0.1) is 11.8 Å². The minimum Gasteiger partial charge on any atom is -0.477 e. The standard InChI is InChI=1S/C16H26N2O2S/c1-10-6-11(2)8-18(7-10)9-12-17-14(16(3,4)5)13(21-12)15(19)20/h10-11H,6-9H2,1-5H3,(H,19,20). The number of carbonyl (C=O) groups is 1. The fourth-order valence-corrected chi connectivity index (χ4v) is 4.35. The summed E-state index contributed by atoms with van der Waals surface area (Å²) in [6, 6.07) is 0. The molecular formula is C16H26N2O2S. The Balaban J connectivity index is 2.19. The summed E-state index contributed by atoms with van der Waals surface area (Å²) in [5, 5.41) is 10.3. The number of carboxylic acid groups (broad SMARTS) is 1. The molecule has 0 bridgehead atoms. The van der Waals surface area contributed by atoms with Crippen LogP contribution in [0.2, 0.25) is 0 Å². The predicted molar refractivity (Wildman–Crippen MR) is 86.0 cm³/mol. The van der Waals surface area contributed by atoms with Crippen molar-refractivity contribution >= 4 is 17.3 Å². The summed E-state index contributed by atoms with van der Waals surface area (Å²) >= 11 is 1.34. The van der Waals surface area contributed by atoms with Crippen LogP contribution in [0.15, 0.2) is 0 Å². The first-order valence-corrected chi connectivity index (χ1v) is 8.44. The van der Waals surface area contributed by atoms with Crippen molar-refractivity contribution in [2.75, 3.05) is 13.1 Å². The Morgan fingerprint density at radius 3 is 2.33 bits per heavy atom. The van der Waals surface area contributed by atoms with Crippen molar-refractivity contribution in [3.05, 3.63) is 15.6 Å². The lowest BCUT2D eigenvalue weighted by Crippen LogP contribution is -2.38. The molecule has 2 rings (SSSR count). The van der Waals surface area contributed by atoms with Crippen molar-refractivity contribution in [2.24, 2.45) is 11.8 Å². The van der Waals surface area contributed by atoms with Gasteiger partial charge in [0.05, 0.1) is 12.2 Å². The van der Waals surface area contributed by atoms with Gasteiger partial charge in [-0.15, -0.1) is 11.3 Å². The van der Waals surface area contributed by atoms with Crippen LogP contribution in [0.3, 0.4) is 0 Å². The fourth-order valence-electron chi connectivity index (χ4n) is 3.20. The zero-order valence-corrected chi connectivity index (χ0v) is 14.5. The van der Waals surface area contributed by atoms with E-state index in [9.17, 15) is 9.90 Å². The Bertz CT molecular complexity index is 509. The second-order valence-electron chi connectivity index (χ2n) is 7.48. The van der Waals surface area contributed by atoms with Crippen molar-refractivity contribution in [3.63, 3.8) is 0 Å². The first kappa shape index (κ1) is 16.4. The Morgan fingerprint density at radius 1 is 1.33 bits per heavy atom. The molecule has 5 heteroatoms. The molecule has 1 aromatic rings. The second kappa shape index (κ2) is 6.05. The predicted octanol–water partition coefficient (Wildman–Crippen LogP) is 3.62. The molecule has 1 aliphatic heterocycles. The number of hydrogen-bond acceptors (Lipinski definition) is 4. The molecule has 21 heavy (non-hydrogen) atoms. The average molecular weight is 310 g/mol. The number of rotatable bonds is 3. The van der Waals surface area contributed by atoms with E-state index in [2.05, 4.69) is 23.7 Å². The lowest BCUT2D eigenvalue weighted by atomic mass is 9.91. The summed E-state index contributed by atoms with van der Waals surface area (Å²) in [5.41, 5.74) is 0.485. The van der Waals surface area contributed by atoms with Gasteiger partial charge in [0.1, 0.15) is 9.88 Å². The van der Waals surface area contributed by atoms with Gasteiger partial charge in [0.2, 0.25) is 0 Å². The van der Waals surface area contributed by atoms with Gasteiger partial charge in [-0.3, -0.25) is 4.90 Å². The van der Waals surface area contributed by atoms with Gasteiger partial charge in [0.25, 0.3) is 0 Å². The third-order valence-corrected chi connectivity index (χ3v) is 4.91. The largest absolute Gasteiger partial charge is 0.477 e. The van der Waals surface area contributed by atoms with E-state index in [1.54, 1.807) is 0 Å². The zero-order valence-electron chi connectivity index (χ0n) is 13.6. The summed E-state index contributed by atoms with van der Waals surface area (Å²) in [5.74, 6) is 0.550. The molecule has 118 valence electrons. The molecule has 1 aliphatic rings. The van der Waals surface area contributed by atoms with Crippen molar-refractivity contribution in [2.45, 2.75) is 53.0 Å². The summed E-state index contributed by atoms with van der Waals surface area (Å²) in [6.45, 7) is 13.6. The number of thiazole rings is 1. The Kier molecular flexibility index (Phi) is 4.73. The maximum Gasteiger partial charge on any atom is 0.347 e. The molecule has 0 saturated carbocycles. The highest BCUT2D eigenvalue weighted by atomic mass is 32.1. The number of piperidine rings is 1. The lowest BCUT2D eigenvalue weighted by Gasteiger charge is -2.34. The third kappa shape index (κ3) is 4.04. The number of aromatic carboxylic acids is 1. The molecule has 2 atom stereocenters. The lowest BCUT2D eigenvalue weighted by molar-refractivity contribution is 0.0699. The van der Waals surface area contributed by atoms with Crippen LogP contribution in [0.4, 0.5) is 0 Å². The molecule has 4 nitrogen and oxygen atoms in total. The maximum absolute atomic E-state index is 11.4. The molecule has 0 radical (unpaired) electrons. The van der Waals surface area contributed by atoms with Gasteiger partial charge >= 0.3 is 5.97 Å². The summed E-state index contributed by atoms with van der Waals surface area (Å²) < 4.78 is 0. The number of carboxylic acids is 1. The monoisotopic (exact) mass is 310 g/mol. The number of likely N-dealkylation sites (tertiary alicyclic amines) is 1. The quantitative estimate of drug-likeness (QED) is 0.926. The SMILES string of the molecule is CC1CC(C)CN(Cc2nc(C(C)(C)C)c(C(=O)O)s2)C1. The molecule has 0 amide bonds. The average Bonchev–Trinajstić information content (AvgIpc) is 2.71. The molecule has 0 aliphatic carbocycles. The zero-order chi connectivity index (χ0) is 15.8. The molecule has 0 spiro atoms. The van der Waals surface area contributed by atoms with Crippen LogP contribution < -0.4 is 0 Å². The van der Waals surface area contributed by atoms with Crippen molar-refractivity contribution in [1.29, 1.82) is 0 Å². The smallest absolute Gasteiger partial charge is 0.347 e. The van der Waals surface area contributed by atoms with Gasteiger partial charge in [-0.1, -0.05) is 34.6 Å². The molecule has 2 heterocycles. The van der Waals surface area contributed by atoms with Gasteiger partial charge in [-0.25, -0.2) is 9.78 Å². The first-order valence-electron chi connectivity index (χ1n) is 7.62. The molecule has 1 fully saturated rings. The normalized spacial score (nSPS) is 24.2. The fraction of sp³-hybridized carbons (Fsp3) is 0.750. The van der Waals surface area contributed by atoms with E-state index in [0.717, 1.165) is 24.6 Å². The topological polar surface area (TPSA) is 53.4 Å². The minimum atomic E-state index is -0.857. The Labute approximate surface area is 131 Å². The number of hydrogen-bond donors (Lipinski definition) is 1. The summed E-state index contributed by atoms with van der Waals surface area (Å²) in [7, 11) is 0. The highest BCUT2D eigenvalue weighted by Crippen LogP contribution is 2.31. The van der Waals surface area contributed by atoms with Crippen molar-refractivity contribution in [3.8, 4) is 0 Å². The van der Waals surface area contributed by atoms with Crippen molar-refractivity contribution < 1.29 is 9.90 Å². The Morgan fingerprint density at radius 2 is 1.90 bits per heavy atom. The van der Waals surface area contributed by atoms with Gasteiger partial charge in [-0.2, -0.15) is 0 Å². The molecule has 2 unspecified atom stereocenters. The van der Waals surface area contributed by atoms with Crippen molar-refractivity contribution in [1.82, 2.24) is 9.88 Å². The van der Waals surface area contributed by atoms with E-state index in [-0.39, 0.29) is 5.41 Å². The van der Waals surface area contributed by atoms with Crippen LogP contribution in [-0.4, -0.2) is 34.0 Å². The molecule has 1 aromatic heterocycles.